The van der Waals surface area contributed by atoms with Crippen LogP contribution in [0.4, 0.5) is 0 Å². The first kappa shape index (κ1) is 12.7. The van der Waals surface area contributed by atoms with Gasteiger partial charge in [0, 0.05) is 0 Å². The number of furan rings is 1. The molecule has 2 aliphatic heterocycles. The monoisotopic (exact) mass is 264 g/mol. The van der Waals surface area contributed by atoms with Crippen LogP contribution in [0.3, 0.4) is 0 Å². The van der Waals surface area contributed by atoms with Gasteiger partial charge in [0.15, 0.2) is 5.76 Å². The van der Waals surface area contributed by atoms with Crippen LogP contribution in [0.25, 0.3) is 0 Å². The summed E-state index contributed by atoms with van der Waals surface area (Å²) in [6, 6.07) is 3.78. The van der Waals surface area contributed by atoms with Crippen molar-refractivity contribution in [1.82, 2.24) is 10.2 Å². The molecule has 2 aliphatic rings. The Kier molecular flexibility index (Phi) is 3.84. The Morgan fingerprint density at radius 1 is 1.26 bits per heavy atom. The number of ether oxygens (including phenoxy) is 1. The van der Waals surface area contributed by atoms with Gasteiger partial charge in [0.2, 0.25) is 0 Å². The van der Waals surface area contributed by atoms with Gasteiger partial charge in [0.25, 0.3) is 5.91 Å². The third-order valence-corrected chi connectivity index (χ3v) is 3.97. The summed E-state index contributed by atoms with van der Waals surface area (Å²) in [6.07, 6.45) is 5.32. The summed E-state index contributed by atoms with van der Waals surface area (Å²) >= 11 is 0. The van der Waals surface area contributed by atoms with Crippen molar-refractivity contribution < 1.29 is 13.9 Å². The van der Waals surface area contributed by atoms with E-state index in [2.05, 4.69) is 10.2 Å². The van der Waals surface area contributed by atoms with Crippen molar-refractivity contribution in [3.05, 3.63) is 24.2 Å². The van der Waals surface area contributed by atoms with E-state index in [1.165, 1.54) is 25.5 Å². The number of nitrogens with one attached hydrogen (secondary N) is 1. The number of hydrogen-bond acceptors (Lipinski definition) is 4. The van der Waals surface area contributed by atoms with Crippen LogP contribution < -0.4 is 5.32 Å². The van der Waals surface area contributed by atoms with Crippen molar-refractivity contribution in [2.24, 2.45) is 0 Å². The fourth-order valence-electron chi connectivity index (χ4n) is 2.94. The second-order valence-corrected chi connectivity index (χ2v) is 5.26. The SMILES string of the molecule is O=C(N[C@@H]1COC[C@H]1N1CCCCC1)c1ccco1. The molecule has 1 aromatic rings. The molecule has 0 radical (unpaired) electrons. The Morgan fingerprint density at radius 3 is 2.84 bits per heavy atom. The average Bonchev–Trinajstić information content (AvgIpc) is 3.11. The molecule has 1 aromatic heterocycles. The lowest BCUT2D eigenvalue weighted by molar-refractivity contribution is 0.0872. The van der Waals surface area contributed by atoms with Crippen molar-refractivity contribution in [1.29, 1.82) is 0 Å². The van der Waals surface area contributed by atoms with Crippen molar-refractivity contribution >= 4 is 5.91 Å². The third kappa shape index (κ3) is 2.82. The van der Waals surface area contributed by atoms with Crippen molar-refractivity contribution in [2.75, 3.05) is 26.3 Å². The highest BCUT2D eigenvalue weighted by Crippen LogP contribution is 2.19. The molecule has 3 rings (SSSR count). The highest BCUT2D eigenvalue weighted by Gasteiger charge is 2.35. The first-order valence-electron chi connectivity index (χ1n) is 7.01. The summed E-state index contributed by atoms with van der Waals surface area (Å²) < 4.78 is 10.7. The maximum Gasteiger partial charge on any atom is 0.287 e. The summed E-state index contributed by atoms with van der Waals surface area (Å²) in [6.45, 7) is 3.53. The van der Waals surface area contributed by atoms with Crippen molar-refractivity contribution in [2.45, 2.75) is 31.3 Å². The van der Waals surface area contributed by atoms with Gasteiger partial charge in [-0.2, -0.15) is 0 Å². The highest BCUT2D eigenvalue weighted by molar-refractivity contribution is 5.91. The molecule has 5 heteroatoms. The molecule has 0 unspecified atom stereocenters. The second-order valence-electron chi connectivity index (χ2n) is 5.26. The van der Waals surface area contributed by atoms with Crippen LogP contribution in [0.5, 0.6) is 0 Å². The Bertz CT molecular complexity index is 412. The van der Waals surface area contributed by atoms with Gasteiger partial charge in [-0.25, -0.2) is 0 Å². The molecule has 2 atom stereocenters. The van der Waals surface area contributed by atoms with Crippen LogP contribution >= 0.6 is 0 Å². The second kappa shape index (κ2) is 5.75. The van der Waals surface area contributed by atoms with Gasteiger partial charge in [-0.15, -0.1) is 0 Å². The van der Waals surface area contributed by atoms with Gasteiger partial charge in [0.1, 0.15) is 0 Å². The Balaban J connectivity index is 1.61. The molecule has 0 spiro atoms. The number of piperidine rings is 1. The fraction of sp³-hybridized carbons (Fsp3) is 0.643. The minimum Gasteiger partial charge on any atom is -0.459 e. The van der Waals surface area contributed by atoms with Gasteiger partial charge in [0.05, 0.1) is 31.6 Å². The van der Waals surface area contributed by atoms with Crippen molar-refractivity contribution in [3.8, 4) is 0 Å². The predicted molar refractivity (Wildman–Crippen MR) is 70.0 cm³/mol. The Morgan fingerprint density at radius 2 is 2.11 bits per heavy atom. The number of rotatable bonds is 3. The van der Waals surface area contributed by atoms with Crippen LogP contribution in [0, 0.1) is 0 Å². The van der Waals surface area contributed by atoms with Crippen LogP contribution in [0.15, 0.2) is 22.8 Å². The van der Waals surface area contributed by atoms with E-state index in [9.17, 15) is 4.79 Å². The van der Waals surface area contributed by atoms with Gasteiger partial charge in [-0.3, -0.25) is 9.69 Å². The van der Waals surface area contributed by atoms with E-state index >= 15 is 0 Å². The number of likely N-dealkylation sites (tertiary alicyclic amines) is 1. The predicted octanol–water partition coefficient (Wildman–Crippen LogP) is 1.26. The van der Waals surface area contributed by atoms with Gasteiger partial charge < -0.3 is 14.5 Å². The van der Waals surface area contributed by atoms with Crippen molar-refractivity contribution in [3.63, 3.8) is 0 Å². The van der Waals surface area contributed by atoms with E-state index in [0.717, 1.165) is 13.1 Å². The maximum absolute atomic E-state index is 12.0. The highest BCUT2D eigenvalue weighted by atomic mass is 16.5. The lowest BCUT2D eigenvalue weighted by Crippen LogP contribution is -2.52. The molecule has 0 aliphatic carbocycles. The van der Waals surface area contributed by atoms with Gasteiger partial charge >= 0.3 is 0 Å². The molecule has 2 fully saturated rings. The zero-order valence-corrected chi connectivity index (χ0v) is 11.0. The number of amides is 1. The molecule has 19 heavy (non-hydrogen) atoms. The molecule has 0 aromatic carbocycles. The molecule has 0 bridgehead atoms. The average molecular weight is 264 g/mol. The molecule has 2 saturated heterocycles. The minimum absolute atomic E-state index is 0.0655. The zero-order chi connectivity index (χ0) is 13.1. The van der Waals surface area contributed by atoms with Crippen LogP contribution in [0.2, 0.25) is 0 Å². The standard InChI is InChI=1S/C14H20N2O3/c17-14(13-5-4-8-19-13)15-11-9-18-10-12(11)16-6-2-1-3-7-16/h4-5,8,11-12H,1-3,6-7,9-10H2,(H,15,17)/t11-,12-/m1/s1. The number of nitrogens with zero attached hydrogens (tertiary/aromatic N) is 1. The van der Waals surface area contributed by atoms with E-state index in [-0.39, 0.29) is 11.9 Å². The first-order chi connectivity index (χ1) is 9.34. The van der Waals surface area contributed by atoms with E-state index < -0.39 is 0 Å². The first-order valence-corrected chi connectivity index (χ1v) is 7.01. The summed E-state index contributed by atoms with van der Waals surface area (Å²) in [7, 11) is 0. The smallest absolute Gasteiger partial charge is 0.287 e. The summed E-state index contributed by atoms with van der Waals surface area (Å²) in [5, 5.41) is 3.03. The molecule has 3 heterocycles. The maximum atomic E-state index is 12.0. The van der Waals surface area contributed by atoms with Crippen LogP contribution in [-0.2, 0) is 4.74 Å². The van der Waals surface area contributed by atoms with Crippen LogP contribution in [0.1, 0.15) is 29.8 Å². The fourth-order valence-corrected chi connectivity index (χ4v) is 2.94. The van der Waals surface area contributed by atoms with E-state index in [1.807, 2.05) is 0 Å². The Hall–Kier alpha value is -1.33. The molecular weight excluding hydrogens is 244 g/mol. The summed E-state index contributed by atoms with van der Waals surface area (Å²) in [5.74, 6) is 0.215. The third-order valence-electron chi connectivity index (χ3n) is 3.97. The van der Waals surface area contributed by atoms with E-state index in [4.69, 9.17) is 9.15 Å². The lowest BCUT2D eigenvalue weighted by Gasteiger charge is -2.34. The lowest BCUT2D eigenvalue weighted by atomic mass is 10.0. The van der Waals surface area contributed by atoms with E-state index in [0.29, 0.717) is 25.0 Å². The largest absolute Gasteiger partial charge is 0.459 e. The summed E-state index contributed by atoms with van der Waals surface area (Å²) in [5.41, 5.74) is 0. The molecule has 1 N–H and O–H groups in total. The number of carbonyl (C=O) groups excluding carboxylic acids is 1. The Labute approximate surface area is 112 Å². The van der Waals surface area contributed by atoms with Gasteiger partial charge in [-0.05, 0) is 38.1 Å². The van der Waals surface area contributed by atoms with E-state index in [1.54, 1.807) is 12.1 Å². The minimum atomic E-state index is -0.150. The summed E-state index contributed by atoms with van der Waals surface area (Å²) in [4.78, 5) is 14.5. The zero-order valence-electron chi connectivity index (χ0n) is 11.0. The molecule has 5 nitrogen and oxygen atoms in total. The number of carbonyl (C=O) groups is 1. The quantitative estimate of drug-likeness (QED) is 0.893. The molecule has 1 amide bonds. The molecule has 0 saturated carbocycles. The van der Waals surface area contributed by atoms with Gasteiger partial charge in [-0.1, -0.05) is 6.42 Å². The molecule has 104 valence electrons. The van der Waals surface area contributed by atoms with Crippen LogP contribution in [-0.4, -0.2) is 49.2 Å². The number of hydrogen-bond donors (Lipinski definition) is 1. The topological polar surface area (TPSA) is 54.7 Å². The normalized spacial score (nSPS) is 28.4. The molecular formula is C14H20N2O3.